The number of carbonyl (C=O) groups is 2. The summed E-state index contributed by atoms with van der Waals surface area (Å²) in [6.07, 6.45) is 0.965. The molecule has 0 atom stereocenters. The number of para-hydroxylation sites is 1. The number of aromatic nitrogens is 3. The largest absolute Gasteiger partial charge is 0.326 e. The fourth-order valence-electron chi connectivity index (χ4n) is 3.37. The second-order valence-electron chi connectivity index (χ2n) is 7.53. The summed E-state index contributed by atoms with van der Waals surface area (Å²) < 4.78 is 1.87. The Morgan fingerprint density at radius 2 is 1.72 bits per heavy atom. The quantitative estimate of drug-likeness (QED) is 0.471. The normalized spacial score (nSPS) is 10.8. The molecule has 8 heteroatoms. The highest BCUT2D eigenvalue weighted by molar-refractivity contribution is 7.99. The summed E-state index contributed by atoms with van der Waals surface area (Å²) in [6, 6.07) is 13.7. The van der Waals surface area contributed by atoms with E-state index >= 15 is 0 Å². The van der Waals surface area contributed by atoms with Gasteiger partial charge in [-0.2, -0.15) is 0 Å². The summed E-state index contributed by atoms with van der Waals surface area (Å²) in [7, 11) is 0. The fourth-order valence-corrected chi connectivity index (χ4v) is 4.19. The molecule has 3 aromatic rings. The van der Waals surface area contributed by atoms with E-state index in [1.165, 1.54) is 11.8 Å². The molecule has 0 bridgehead atoms. The Bertz CT molecular complexity index is 1090. The summed E-state index contributed by atoms with van der Waals surface area (Å²) in [5.74, 6) is 0.540. The number of hydrogen-bond donors (Lipinski definition) is 2. The first-order valence-corrected chi connectivity index (χ1v) is 11.7. The highest BCUT2D eigenvalue weighted by Gasteiger charge is 2.17. The Morgan fingerprint density at radius 1 is 0.969 bits per heavy atom. The number of anilines is 2. The SMILES string of the molecule is CCc1cccc(C)c1NC(=O)CSc1nnc(CC(=O)Nc2ccc(C)cc2)n1CC. The molecule has 0 aliphatic rings. The Balaban J connectivity index is 1.60. The van der Waals surface area contributed by atoms with Gasteiger partial charge in [0, 0.05) is 17.9 Å². The van der Waals surface area contributed by atoms with Gasteiger partial charge < -0.3 is 15.2 Å². The predicted octanol–water partition coefficient (Wildman–Crippen LogP) is 4.39. The lowest BCUT2D eigenvalue weighted by molar-refractivity contribution is -0.116. The Morgan fingerprint density at radius 3 is 2.41 bits per heavy atom. The second-order valence-corrected chi connectivity index (χ2v) is 8.48. The molecule has 168 valence electrons. The monoisotopic (exact) mass is 451 g/mol. The van der Waals surface area contributed by atoms with Gasteiger partial charge in [0.25, 0.3) is 0 Å². The van der Waals surface area contributed by atoms with E-state index in [4.69, 9.17) is 0 Å². The number of aryl methyl sites for hydroxylation is 3. The van der Waals surface area contributed by atoms with Crippen molar-refractivity contribution in [3.63, 3.8) is 0 Å². The minimum absolute atomic E-state index is 0.0942. The molecular weight excluding hydrogens is 422 g/mol. The molecule has 0 saturated heterocycles. The molecule has 2 N–H and O–H groups in total. The van der Waals surface area contributed by atoms with Crippen molar-refractivity contribution in [1.82, 2.24) is 14.8 Å². The molecule has 0 fully saturated rings. The van der Waals surface area contributed by atoms with Crippen molar-refractivity contribution in [3.8, 4) is 0 Å². The predicted molar refractivity (Wildman–Crippen MR) is 129 cm³/mol. The van der Waals surface area contributed by atoms with Gasteiger partial charge in [-0.25, -0.2) is 0 Å². The summed E-state index contributed by atoms with van der Waals surface area (Å²) in [5.41, 5.74) is 4.92. The van der Waals surface area contributed by atoms with Crippen LogP contribution in [0.5, 0.6) is 0 Å². The molecule has 1 heterocycles. The lowest BCUT2D eigenvalue weighted by Crippen LogP contribution is -2.18. The number of thioether (sulfide) groups is 1. The van der Waals surface area contributed by atoms with E-state index in [9.17, 15) is 9.59 Å². The molecule has 1 aromatic heterocycles. The molecular formula is C24H29N5O2S. The van der Waals surface area contributed by atoms with Gasteiger partial charge in [0.05, 0.1) is 12.2 Å². The van der Waals surface area contributed by atoms with Crippen LogP contribution in [-0.4, -0.2) is 32.3 Å². The molecule has 2 amide bonds. The van der Waals surface area contributed by atoms with Crippen LogP contribution in [0.3, 0.4) is 0 Å². The number of nitrogens with zero attached hydrogens (tertiary/aromatic N) is 3. The van der Waals surface area contributed by atoms with E-state index in [1.807, 2.05) is 67.8 Å². The van der Waals surface area contributed by atoms with Crippen molar-refractivity contribution >= 4 is 35.0 Å². The van der Waals surface area contributed by atoms with E-state index in [1.54, 1.807) is 0 Å². The molecule has 32 heavy (non-hydrogen) atoms. The number of nitrogens with one attached hydrogen (secondary N) is 2. The van der Waals surface area contributed by atoms with Gasteiger partial charge in [-0.05, 0) is 50.5 Å². The van der Waals surface area contributed by atoms with Crippen LogP contribution in [-0.2, 0) is 29.0 Å². The van der Waals surface area contributed by atoms with Crippen molar-refractivity contribution in [1.29, 1.82) is 0 Å². The average Bonchev–Trinajstić information content (AvgIpc) is 3.16. The van der Waals surface area contributed by atoms with E-state index in [-0.39, 0.29) is 24.0 Å². The maximum absolute atomic E-state index is 12.6. The van der Waals surface area contributed by atoms with Gasteiger partial charge in [-0.1, -0.05) is 54.6 Å². The third-order valence-corrected chi connectivity index (χ3v) is 6.07. The highest BCUT2D eigenvalue weighted by Crippen LogP contribution is 2.23. The van der Waals surface area contributed by atoms with E-state index in [0.717, 1.165) is 34.5 Å². The number of rotatable bonds is 9. The van der Waals surface area contributed by atoms with Gasteiger partial charge in [0.2, 0.25) is 11.8 Å². The topological polar surface area (TPSA) is 88.9 Å². The molecule has 7 nitrogen and oxygen atoms in total. The Kier molecular flexibility index (Phi) is 8.05. The Labute approximate surface area is 193 Å². The highest BCUT2D eigenvalue weighted by atomic mass is 32.2. The maximum atomic E-state index is 12.6. The van der Waals surface area contributed by atoms with Crippen molar-refractivity contribution in [2.24, 2.45) is 0 Å². The minimum atomic E-state index is -0.156. The number of amides is 2. The lowest BCUT2D eigenvalue weighted by Gasteiger charge is -2.13. The molecule has 2 aromatic carbocycles. The molecule has 0 unspecified atom stereocenters. The van der Waals surface area contributed by atoms with Crippen molar-refractivity contribution in [2.75, 3.05) is 16.4 Å². The van der Waals surface area contributed by atoms with Gasteiger partial charge in [0.1, 0.15) is 5.82 Å². The number of carbonyl (C=O) groups excluding carboxylic acids is 2. The standard InChI is InChI=1S/C24H29N5O2S/c1-5-18-9-7-8-17(4)23(18)26-22(31)15-32-24-28-27-20(29(24)6-2)14-21(30)25-19-12-10-16(3)11-13-19/h7-13H,5-6,14-15H2,1-4H3,(H,25,30)(H,26,31). The van der Waals surface area contributed by atoms with Crippen LogP contribution < -0.4 is 10.6 Å². The summed E-state index contributed by atoms with van der Waals surface area (Å²) in [5, 5.41) is 14.9. The maximum Gasteiger partial charge on any atom is 0.234 e. The molecule has 3 rings (SSSR count). The third-order valence-electron chi connectivity index (χ3n) is 5.10. The smallest absolute Gasteiger partial charge is 0.234 e. The zero-order valence-electron chi connectivity index (χ0n) is 18.9. The first-order chi connectivity index (χ1) is 15.4. The van der Waals surface area contributed by atoms with Crippen LogP contribution in [0.4, 0.5) is 11.4 Å². The van der Waals surface area contributed by atoms with Crippen LogP contribution >= 0.6 is 11.8 Å². The van der Waals surface area contributed by atoms with Crippen LogP contribution in [0, 0.1) is 13.8 Å². The Hall–Kier alpha value is -3.13. The van der Waals surface area contributed by atoms with Gasteiger partial charge >= 0.3 is 0 Å². The second kappa shape index (κ2) is 10.9. The van der Waals surface area contributed by atoms with Crippen LogP contribution in [0.15, 0.2) is 47.6 Å². The summed E-state index contributed by atoms with van der Waals surface area (Å²) in [6.45, 7) is 8.64. The molecule has 0 saturated carbocycles. The van der Waals surface area contributed by atoms with E-state index in [2.05, 4.69) is 27.8 Å². The molecule has 0 aliphatic carbocycles. The minimum Gasteiger partial charge on any atom is -0.326 e. The van der Waals surface area contributed by atoms with Crippen molar-refractivity contribution < 1.29 is 9.59 Å². The molecule has 0 aliphatic heterocycles. The van der Waals surface area contributed by atoms with Gasteiger partial charge in [-0.15, -0.1) is 10.2 Å². The summed E-state index contributed by atoms with van der Waals surface area (Å²) >= 11 is 1.32. The van der Waals surface area contributed by atoms with Crippen LogP contribution in [0.25, 0.3) is 0 Å². The van der Waals surface area contributed by atoms with Crippen LogP contribution in [0.1, 0.15) is 36.4 Å². The summed E-state index contributed by atoms with van der Waals surface area (Å²) in [4.78, 5) is 25.0. The van der Waals surface area contributed by atoms with Gasteiger partial charge in [0.15, 0.2) is 5.16 Å². The third kappa shape index (κ3) is 5.97. The lowest BCUT2D eigenvalue weighted by atomic mass is 10.1. The van der Waals surface area contributed by atoms with Gasteiger partial charge in [-0.3, -0.25) is 9.59 Å². The average molecular weight is 452 g/mol. The first-order valence-electron chi connectivity index (χ1n) is 10.7. The number of hydrogen-bond acceptors (Lipinski definition) is 5. The molecule has 0 radical (unpaired) electrons. The van der Waals surface area contributed by atoms with Crippen LogP contribution in [0.2, 0.25) is 0 Å². The first kappa shape index (κ1) is 23.5. The van der Waals surface area contributed by atoms with E-state index in [0.29, 0.717) is 17.5 Å². The van der Waals surface area contributed by atoms with Crippen molar-refractivity contribution in [2.45, 2.75) is 52.2 Å². The number of benzene rings is 2. The van der Waals surface area contributed by atoms with E-state index < -0.39 is 0 Å². The fraction of sp³-hybridized carbons (Fsp3) is 0.333. The molecule has 0 spiro atoms. The zero-order valence-corrected chi connectivity index (χ0v) is 19.8. The zero-order chi connectivity index (χ0) is 23.1. The van der Waals surface area contributed by atoms with Crippen molar-refractivity contribution in [3.05, 3.63) is 65.0 Å².